The minimum atomic E-state index is -2.20. The number of hydrogen-bond acceptors (Lipinski definition) is 2. The molecule has 1 aliphatic rings. The van der Waals surface area contributed by atoms with Gasteiger partial charge in [0.2, 0.25) is 0 Å². The molecule has 0 aliphatic carbocycles. The summed E-state index contributed by atoms with van der Waals surface area (Å²) in [6.45, 7) is 4.28. The van der Waals surface area contributed by atoms with Gasteiger partial charge in [0, 0.05) is 25.7 Å². The minimum absolute atomic E-state index is 0.0805. The summed E-state index contributed by atoms with van der Waals surface area (Å²) >= 11 is 0. The van der Waals surface area contributed by atoms with Crippen LogP contribution >= 0.6 is 0 Å². The summed E-state index contributed by atoms with van der Waals surface area (Å²) in [5, 5.41) is 3.15. The quantitative estimate of drug-likeness (QED) is 0.641. The predicted octanol–water partition coefficient (Wildman–Crippen LogP) is 0.545. The van der Waals surface area contributed by atoms with Crippen LogP contribution in [0.4, 0.5) is 8.78 Å². The van der Waals surface area contributed by atoms with Crippen LogP contribution in [0.5, 0.6) is 0 Å². The second kappa shape index (κ2) is 3.97. The lowest BCUT2D eigenvalue weighted by atomic mass is 10.2. The van der Waals surface area contributed by atoms with Crippen LogP contribution in [-0.4, -0.2) is 43.5 Å². The molecule has 0 aromatic rings. The third kappa shape index (κ3) is 2.71. The highest BCUT2D eigenvalue weighted by atomic mass is 19.3. The van der Waals surface area contributed by atoms with E-state index in [1.807, 2.05) is 11.8 Å². The number of halogens is 2. The zero-order chi connectivity index (χ0) is 8.27. The molecule has 0 amide bonds. The van der Waals surface area contributed by atoms with Crippen molar-refractivity contribution in [3.05, 3.63) is 0 Å². The van der Waals surface area contributed by atoms with Crippen molar-refractivity contribution in [2.45, 2.75) is 19.4 Å². The van der Waals surface area contributed by atoms with Gasteiger partial charge in [-0.25, -0.2) is 8.78 Å². The molecule has 1 heterocycles. The van der Waals surface area contributed by atoms with E-state index in [4.69, 9.17) is 0 Å². The van der Waals surface area contributed by atoms with Gasteiger partial charge in [-0.2, -0.15) is 0 Å². The van der Waals surface area contributed by atoms with Crippen LogP contribution < -0.4 is 5.32 Å². The highest BCUT2D eigenvalue weighted by Gasteiger charge is 2.20. The van der Waals surface area contributed by atoms with Crippen molar-refractivity contribution in [2.24, 2.45) is 0 Å². The molecule has 0 unspecified atom stereocenters. The third-order valence-corrected chi connectivity index (χ3v) is 2.01. The lowest BCUT2D eigenvalue weighted by Crippen LogP contribution is -2.51. The van der Waals surface area contributed by atoms with E-state index in [0.29, 0.717) is 0 Å². The van der Waals surface area contributed by atoms with Crippen molar-refractivity contribution in [2.75, 3.05) is 26.2 Å². The van der Waals surface area contributed by atoms with Gasteiger partial charge in [0.15, 0.2) is 0 Å². The second-order valence-corrected chi connectivity index (χ2v) is 2.94. The topological polar surface area (TPSA) is 15.3 Å². The highest BCUT2D eigenvalue weighted by Crippen LogP contribution is 2.05. The number of nitrogens with zero attached hydrogens (tertiary/aromatic N) is 1. The van der Waals surface area contributed by atoms with Crippen LogP contribution in [0, 0.1) is 0 Å². The number of nitrogens with one attached hydrogen (secondary N) is 1. The summed E-state index contributed by atoms with van der Waals surface area (Å²) in [7, 11) is 0. The maximum Gasteiger partial charge on any atom is 0.251 e. The Morgan fingerprint density at radius 2 is 2.36 bits per heavy atom. The van der Waals surface area contributed by atoms with Crippen LogP contribution in [0.1, 0.15) is 6.92 Å². The molecular weight excluding hydrogens is 150 g/mol. The molecule has 4 heteroatoms. The first kappa shape index (κ1) is 8.87. The molecule has 1 saturated heterocycles. The molecule has 1 aliphatic heterocycles. The molecule has 0 radical (unpaired) electrons. The van der Waals surface area contributed by atoms with Crippen LogP contribution in [0.2, 0.25) is 0 Å². The summed E-state index contributed by atoms with van der Waals surface area (Å²) in [4.78, 5) is 1.82. The van der Waals surface area contributed by atoms with E-state index >= 15 is 0 Å². The first-order valence-corrected chi connectivity index (χ1v) is 3.93. The van der Waals surface area contributed by atoms with Crippen molar-refractivity contribution in [3.63, 3.8) is 0 Å². The number of alkyl halides is 2. The summed E-state index contributed by atoms with van der Waals surface area (Å²) in [5.41, 5.74) is 0. The van der Waals surface area contributed by atoms with Crippen molar-refractivity contribution in [1.29, 1.82) is 0 Å². The van der Waals surface area contributed by atoms with E-state index < -0.39 is 6.43 Å². The Balaban J connectivity index is 2.29. The molecule has 1 rings (SSSR count). The molecule has 0 aromatic carbocycles. The monoisotopic (exact) mass is 164 g/mol. The van der Waals surface area contributed by atoms with Crippen molar-refractivity contribution < 1.29 is 8.78 Å². The Morgan fingerprint density at radius 3 is 2.91 bits per heavy atom. The Hall–Kier alpha value is -0.220. The van der Waals surface area contributed by atoms with Crippen molar-refractivity contribution >= 4 is 0 Å². The van der Waals surface area contributed by atoms with Gasteiger partial charge in [-0.1, -0.05) is 0 Å². The molecule has 1 fully saturated rings. The van der Waals surface area contributed by atoms with Crippen LogP contribution in [0.3, 0.4) is 0 Å². The Labute approximate surface area is 65.6 Å². The maximum atomic E-state index is 11.9. The number of piperazine rings is 1. The molecule has 0 aromatic heterocycles. The average molecular weight is 164 g/mol. The average Bonchev–Trinajstić information content (AvgIpc) is 1.93. The fourth-order valence-electron chi connectivity index (χ4n) is 1.33. The fourth-order valence-corrected chi connectivity index (χ4v) is 1.33. The Morgan fingerprint density at radius 1 is 1.64 bits per heavy atom. The van der Waals surface area contributed by atoms with E-state index in [0.717, 1.165) is 19.6 Å². The van der Waals surface area contributed by atoms with Crippen LogP contribution in [0.25, 0.3) is 0 Å². The van der Waals surface area contributed by atoms with Crippen molar-refractivity contribution in [3.8, 4) is 0 Å². The molecule has 2 nitrogen and oxygen atoms in total. The summed E-state index contributed by atoms with van der Waals surface area (Å²) in [6.07, 6.45) is -2.20. The lowest BCUT2D eigenvalue weighted by Gasteiger charge is -2.33. The zero-order valence-corrected chi connectivity index (χ0v) is 6.69. The predicted molar refractivity (Wildman–Crippen MR) is 39.9 cm³/mol. The van der Waals surface area contributed by atoms with Gasteiger partial charge < -0.3 is 5.32 Å². The van der Waals surface area contributed by atoms with Gasteiger partial charge in [0.1, 0.15) is 0 Å². The molecule has 0 bridgehead atoms. The SMILES string of the molecule is C[C@H]1CNCCN1CC(F)F. The number of hydrogen-bond donors (Lipinski definition) is 1. The molecule has 0 spiro atoms. The van der Waals surface area contributed by atoms with Crippen LogP contribution in [0.15, 0.2) is 0 Å². The lowest BCUT2D eigenvalue weighted by molar-refractivity contribution is 0.0598. The molecule has 1 atom stereocenters. The van der Waals surface area contributed by atoms with Gasteiger partial charge in [0.25, 0.3) is 6.43 Å². The smallest absolute Gasteiger partial charge is 0.251 e. The fraction of sp³-hybridized carbons (Fsp3) is 1.00. The summed E-state index contributed by atoms with van der Waals surface area (Å²) in [6, 6.07) is 0.248. The molecule has 66 valence electrons. The largest absolute Gasteiger partial charge is 0.314 e. The van der Waals surface area contributed by atoms with Gasteiger partial charge in [0.05, 0.1) is 6.54 Å². The van der Waals surface area contributed by atoms with E-state index in [9.17, 15) is 8.78 Å². The first-order valence-electron chi connectivity index (χ1n) is 3.93. The van der Waals surface area contributed by atoms with Crippen molar-refractivity contribution in [1.82, 2.24) is 10.2 Å². The maximum absolute atomic E-state index is 11.9. The van der Waals surface area contributed by atoms with Gasteiger partial charge >= 0.3 is 0 Å². The van der Waals surface area contributed by atoms with E-state index in [1.165, 1.54) is 0 Å². The summed E-state index contributed by atoms with van der Waals surface area (Å²) in [5.74, 6) is 0. The Bertz CT molecular complexity index is 119. The van der Waals surface area contributed by atoms with Gasteiger partial charge in [-0.15, -0.1) is 0 Å². The standard InChI is InChI=1S/C7H14F2N2/c1-6-4-10-2-3-11(6)5-7(8)9/h6-7,10H,2-5H2,1H3/t6-/m0/s1. The molecule has 1 N–H and O–H groups in total. The zero-order valence-electron chi connectivity index (χ0n) is 6.69. The van der Waals surface area contributed by atoms with Crippen LogP contribution in [-0.2, 0) is 0 Å². The van der Waals surface area contributed by atoms with E-state index in [2.05, 4.69) is 5.32 Å². The number of rotatable bonds is 2. The van der Waals surface area contributed by atoms with Gasteiger partial charge in [-0.3, -0.25) is 4.90 Å². The molecule has 0 saturated carbocycles. The third-order valence-electron chi connectivity index (χ3n) is 2.01. The first-order chi connectivity index (χ1) is 5.20. The second-order valence-electron chi connectivity index (χ2n) is 2.94. The normalized spacial score (nSPS) is 27.8. The highest BCUT2D eigenvalue weighted by molar-refractivity contribution is 4.76. The molecule has 11 heavy (non-hydrogen) atoms. The van der Waals surface area contributed by atoms with Gasteiger partial charge in [-0.05, 0) is 6.92 Å². The van der Waals surface area contributed by atoms with E-state index in [1.54, 1.807) is 0 Å². The minimum Gasteiger partial charge on any atom is -0.314 e. The Kier molecular flexibility index (Phi) is 3.20. The summed E-state index contributed by atoms with van der Waals surface area (Å²) < 4.78 is 23.9. The molecular formula is C7H14F2N2. The van der Waals surface area contributed by atoms with E-state index in [-0.39, 0.29) is 12.6 Å².